The van der Waals surface area contributed by atoms with Gasteiger partial charge in [0, 0.05) is 5.56 Å². The Morgan fingerprint density at radius 3 is 2.87 bits per heavy atom. The van der Waals surface area contributed by atoms with Crippen molar-refractivity contribution in [3.8, 4) is 11.5 Å². The lowest BCUT2D eigenvalue weighted by molar-refractivity contribution is -0.138. The van der Waals surface area contributed by atoms with E-state index in [1.165, 1.54) is 25.5 Å². The Morgan fingerprint density at radius 2 is 2.16 bits per heavy atom. The second kappa shape index (κ2) is 10.3. The molecule has 0 saturated carbocycles. The summed E-state index contributed by atoms with van der Waals surface area (Å²) >= 11 is 7.02. The van der Waals surface area contributed by atoms with Crippen LogP contribution in [0.5, 0.6) is 11.5 Å². The van der Waals surface area contributed by atoms with Gasteiger partial charge in [0.15, 0.2) is 16.7 Å². The van der Waals surface area contributed by atoms with Gasteiger partial charge in [0.05, 0.1) is 24.8 Å². The van der Waals surface area contributed by atoms with Crippen molar-refractivity contribution < 1.29 is 28.6 Å². The fraction of sp³-hybridized carbons (Fsp3) is 0.200. The topological polar surface area (TPSA) is 110 Å². The van der Waals surface area contributed by atoms with Crippen LogP contribution in [0.25, 0.3) is 0 Å². The van der Waals surface area contributed by atoms with Gasteiger partial charge >= 0.3 is 5.97 Å². The molecule has 0 aromatic heterocycles. The minimum Gasteiger partial charge on any atom is -0.493 e. The zero-order valence-corrected chi connectivity index (χ0v) is 17.7. The summed E-state index contributed by atoms with van der Waals surface area (Å²) < 4.78 is 24.9. The molecule has 1 unspecified atom stereocenters. The second-order valence-corrected chi connectivity index (χ2v) is 7.84. The molecular weight excluding hydrogens is 449 g/mol. The number of carbonyl (C=O) groups excluding carboxylic acids is 1. The van der Waals surface area contributed by atoms with Gasteiger partial charge in [-0.2, -0.15) is 5.10 Å². The fourth-order valence-corrected chi connectivity index (χ4v) is 3.73. The molecule has 1 aliphatic rings. The number of amides is 1. The number of rotatable bonds is 8. The number of halogens is 2. The number of amidine groups is 1. The van der Waals surface area contributed by atoms with E-state index in [9.17, 15) is 14.0 Å². The number of hydrogen-bond acceptors (Lipinski definition) is 7. The van der Waals surface area contributed by atoms with E-state index >= 15 is 0 Å². The van der Waals surface area contributed by atoms with E-state index in [4.69, 9.17) is 26.2 Å². The van der Waals surface area contributed by atoms with Crippen molar-refractivity contribution in [3.63, 3.8) is 0 Å². The van der Waals surface area contributed by atoms with Crippen LogP contribution in [0.15, 0.2) is 46.6 Å². The van der Waals surface area contributed by atoms with Gasteiger partial charge in [-0.05, 0) is 35.9 Å². The second-order valence-electron chi connectivity index (χ2n) is 6.24. The summed E-state index contributed by atoms with van der Waals surface area (Å²) in [7, 11) is 1.46. The molecule has 1 fully saturated rings. The van der Waals surface area contributed by atoms with Crippen LogP contribution < -0.4 is 14.8 Å². The Hall–Kier alpha value is -3.11. The maximum atomic E-state index is 13.9. The highest BCUT2D eigenvalue weighted by molar-refractivity contribution is 8.15. The summed E-state index contributed by atoms with van der Waals surface area (Å²) in [5, 5.41) is 18.8. The number of carboxylic acid groups (broad SMARTS) is 1. The number of benzene rings is 2. The summed E-state index contributed by atoms with van der Waals surface area (Å²) in [6, 6.07) is 9.38. The molecule has 11 heteroatoms. The van der Waals surface area contributed by atoms with Gasteiger partial charge in [-0.25, -0.2) is 4.39 Å². The summed E-state index contributed by atoms with van der Waals surface area (Å²) in [6.07, 6.45) is 1.14. The molecule has 2 N–H and O–H groups in total. The molecule has 8 nitrogen and oxygen atoms in total. The number of hydrogen-bond donors (Lipinski definition) is 2. The van der Waals surface area contributed by atoms with Crippen LogP contribution in [0.1, 0.15) is 17.5 Å². The Kier molecular flexibility index (Phi) is 7.48. The molecule has 3 rings (SSSR count). The van der Waals surface area contributed by atoms with Gasteiger partial charge in [-0.1, -0.05) is 29.4 Å². The van der Waals surface area contributed by atoms with Crippen molar-refractivity contribution >= 4 is 46.6 Å². The van der Waals surface area contributed by atoms with Crippen LogP contribution in [-0.4, -0.2) is 40.7 Å². The Balaban J connectivity index is 1.66. The number of methoxy groups -OCH3 is 1. The maximum Gasteiger partial charge on any atom is 0.305 e. The van der Waals surface area contributed by atoms with Gasteiger partial charge in [0.2, 0.25) is 5.91 Å². The van der Waals surface area contributed by atoms with Crippen LogP contribution >= 0.6 is 23.4 Å². The third-order valence-corrected chi connectivity index (χ3v) is 5.54. The predicted molar refractivity (Wildman–Crippen MR) is 116 cm³/mol. The highest BCUT2D eigenvalue weighted by Crippen LogP contribution is 2.30. The first-order valence-corrected chi connectivity index (χ1v) is 10.2. The molecule has 2 aromatic carbocycles. The van der Waals surface area contributed by atoms with E-state index in [0.29, 0.717) is 17.1 Å². The summed E-state index contributed by atoms with van der Waals surface area (Å²) in [5.74, 6) is -1.16. The Morgan fingerprint density at radius 1 is 1.35 bits per heavy atom. The summed E-state index contributed by atoms with van der Waals surface area (Å²) in [5.41, 5.74) is 0.874. The van der Waals surface area contributed by atoms with Gasteiger partial charge in [-0.3, -0.25) is 9.59 Å². The normalized spacial score (nSPS) is 17.2. The molecule has 1 saturated heterocycles. The van der Waals surface area contributed by atoms with E-state index in [2.05, 4.69) is 15.5 Å². The van der Waals surface area contributed by atoms with Gasteiger partial charge < -0.3 is 19.9 Å². The molecule has 31 heavy (non-hydrogen) atoms. The lowest BCUT2D eigenvalue weighted by Gasteiger charge is -2.12. The third kappa shape index (κ3) is 5.96. The number of thioether (sulfide) groups is 1. The first-order chi connectivity index (χ1) is 14.9. The van der Waals surface area contributed by atoms with Crippen molar-refractivity contribution in [2.24, 2.45) is 10.2 Å². The number of nitrogens with zero attached hydrogens (tertiary/aromatic N) is 2. The van der Waals surface area contributed by atoms with Crippen molar-refractivity contribution in [1.29, 1.82) is 0 Å². The quantitative estimate of drug-likeness (QED) is 0.456. The van der Waals surface area contributed by atoms with Gasteiger partial charge in [0.25, 0.3) is 0 Å². The van der Waals surface area contributed by atoms with Crippen LogP contribution in [0.2, 0.25) is 5.02 Å². The molecule has 1 heterocycles. The fourth-order valence-electron chi connectivity index (χ4n) is 2.60. The minimum atomic E-state index is -1.07. The average Bonchev–Trinajstić information content (AvgIpc) is 3.06. The SMILES string of the molecule is COc1cc(C=NN=C2NC(=O)C(CC(=O)O)S2)ccc1OCc1c(F)cccc1Cl. The molecule has 1 atom stereocenters. The molecule has 162 valence electrons. The van der Waals surface area contributed by atoms with Gasteiger partial charge in [0.1, 0.15) is 17.7 Å². The number of carbonyl (C=O) groups is 2. The minimum absolute atomic E-state index is 0.0720. The molecule has 1 amide bonds. The van der Waals surface area contributed by atoms with Crippen LogP contribution in [0.3, 0.4) is 0 Å². The number of carboxylic acids is 1. The van der Waals surface area contributed by atoms with E-state index in [1.54, 1.807) is 24.3 Å². The van der Waals surface area contributed by atoms with Crippen molar-refractivity contribution in [3.05, 3.63) is 58.4 Å². The molecule has 1 aliphatic heterocycles. The molecule has 2 aromatic rings. The maximum absolute atomic E-state index is 13.9. The first kappa shape index (κ1) is 22.6. The monoisotopic (exact) mass is 465 g/mol. The Labute approximate surface area is 186 Å². The van der Waals surface area contributed by atoms with Gasteiger partial charge in [-0.15, -0.1) is 5.10 Å². The molecule has 0 radical (unpaired) electrons. The summed E-state index contributed by atoms with van der Waals surface area (Å²) in [6.45, 7) is -0.0720. The predicted octanol–water partition coefficient (Wildman–Crippen LogP) is 3.46. The van der Waals surface area contributed by atoms with E-state index < -0.39 is 22.9 Å². The van der Waals surface area contributed by atoms with Crippen molar-refractivity contribution in [2.75, 3.05) is 7.11 Å². The zero-order valence-electron chi connectivity index (χ0n) is 16.2. The zero-order chi connectivity index (χ0) is 22.4. The smallest absolute Gasteiger partial charge is 0.305 e. The van der Waals surface area contributed by atoms with E-state index in [1.807, 2.05) is 0 Å². The standard InChI is InChI=1S/C20H17ClFN3O5S/c1-29-16-7-11(9-23-25-20-24-19(28)17(31-20)8-18(26)27)5-6-15(16)30-10-12-13(21)3-2-4-14(12)22/h2-7,9,17H,8,10H2,1H3,(H,26,27)(H,24,25,28). The largest absolute Gasteiger partial charge is 0.493 e. The van der Waals surface area contributed by atoms with Crippen molar-refractivity contribution in [1.82, 2.24) is 5.32 Å². The Bertz CT molecular complexity index is 1040. The molecule has 0 spiro atoms. The number of ether oxygens (including phenoxy) is 2. The van der Waals surface area contributed by atoms with Crippen molar-refractivity contribution in [2.45, 2.75) is 18.3 Å². The molecule has 0 bridgehead atoms. The summed E-state index contributed by atoms with van der Waals surface area (Å²) in [4.78, 5) is 22.4. The third-order valence-electron chi connectivity index (χ3n) is 4.11. The van der Waals surface area contributed by atoms with Crippen LogP contribution in [-0.2, 0) is 16.2 Å². The molecular formula is C20H17ClFN3O5S. The lowest BCUT2D eigenvalue weighted by Crippen LogP contribution is -2.26. The number of nitrogens with one attached hydrogen (secondary N) is 1. The highest BCUT2D eigenvalue weighted by atomic mass is 35.5. The molecule has 0 aliphatic carbocycles. The first-order valence-electron chi connectivity index (χ1n) is 8.91. The average molecular weight is 466 g/mol. The van der Waals surface area contributed by atoms with E-state index in [-0.39, 0.29) is 28.8 Å². The lowest BCUT2D eigenvalue weighted by atomic mass is 10.2. The van der Waals surface area contributed by atoms with Crippen LogP contribution in [0, 0.1) is 5.82 Å². The van der Waals surface area contributed by atoms with Crippen LogP contribution in [0.4, 0.5) is 4.39 Å². The number of aliphatic carboxylic acids is 1. The van der Waals surface area contributed by atoms with E-state index in [0.717, 1.165) is 11.8 Å². The highest BCUT2D eigenvalue weighted by Gasteiger charge is 2.32.